The van der Waals surface area contributed by atoms with E-state index in [1.54, 1.807) is 26.1 Å². The van der Waals surface area contributed by atoms with Crippen LogP contribution in [0.3, 0.4) is 0 Å². The number of aliphatic hydroxyl groups is 1. The number of carbonyl (C=O) groups excluding carboxylic acids is 1. The second-order valence-electron chi connectivity index (χ2n) is 14.0. The number of aromatic hydroxyl groups is 1. The van der Waals surface area contributed by atoms with Gasteiger partial charge >= 0.3 is 5.69 Å². The number of nitrogens with zero attached hydrogens (tertiary/aromatic N) is 5. The number of nitrogens with one attached hydrogen (secondary N) is 1. The van der Waals surface area contributed by atoms with Crippen LogP contribution in [0.15, 0.2) is 112 Å². The number of sulfonamides is 1. The monoisotopic (exact) mass is 742 g/mol. The molecular weight excluding hydrogens is 697 g/mol. The molecule has 3 aromatic carbocycles. The highest BCUT2D eigenvalue weighted by Crippen LogP contribution is 2.24. The summed E-state index contributed by atoms with van der Waals surface area (Å²) in [6.45, 7) is 6.98. The molecule has 13 nitrogen and oxygen atoms in total. The third-order valence-corrected chi connectivity index (χ3v) is 11.0. The van der Waals surface area contributed by atoms with Gasteiger partial charge in [-0.2, -0.15) is 9.21 Å². The molecule has 0 bridgehead atoms. The lowest BCUT2D eigenvalue weighted by atomic mass is 9.98. The van der Waals surface area contributed by atoms with Crippen LogP contribution >= 0.6 is 0 Å². The molecule has 0 aliphatic carbocycles. The zero-order valence-electron chi connectivity index (χ0n) is 30.2. The second kappa shape index (κ2) is 17.1. The lowest BCUT2D eigenvalue weighted by Gasteiger charge is -2.32. The highest BCUT2D eigenvalue weighted by molar-refractivity contribution is 7.89. The van der Waals surface area contributed by atoms with Gasteiger partial charge in [-0.25, -0.2) is 13.2 Å². The van der Waals surface area contributed by atoms with E-state index in [9.17, 15) is 33.1 Å². The molecule has 5 rings (SSSR count). The summed E-state index contributed by atoms with van der Waals surface area (Å²) in [4.78, 5) is 43.2. The fraction of sp³-hybridized carbons (Fsp3) is 0.359. The number of nitroso groups, excluding NO2 is 1. The number of pyridine rings is 1. The zero-order valence-corrected chi connectivity index (χ0v) is 31.1. The number of aliphatic hydroxyl groups excluding tert-OH is 1. The number of hydrogen-bond donors (Lipinski definition) is 3. The van der Waals surface area contributed by atoms with Gasteiger partial charge < -0.3 is 15.5 Å². The number of benzene rings is 3. The van der Waals surface area contributed by atoms with Crippen molar-refractivity contribution in [1.29, 1.82) is 0 Å². The van der Waals surface area contributed by atoms with Crippen molar-refractivity contribution in [2.24, 2.45) is 17.0 Å². The molecule has 1 amide bonds. The SMILES string of the molecule is CC(C)CN(C[C@@H](O)[C@H](Cc1ccccc1)NC(=O)[C@H](C(C)C)n1cc(O)n(Cc2ccnc3ccccc23)c1=O)S(=O)(=O)c1ccc(CN=O)cc1. The molecule has 0 aliphatic heterocycles. The number of amides is 1. The Morgan fingerprint density at radius 2 is 1.60 bits per heavy atom. The molecule has 0 aliphatic rings. The first-order valence-electron chi connectivity index (χ1n) is 17.5. The minimum absolute atomic E-state index is 0.00743. The summed E-state index contributed by atoms with van der Waals surface area (Å²) in [5.74, 6) is -1.42. The maximum Gasteiger partial charge on any atom is 0.332 e. The third-order valence-electron chi connectivity index (χ3n) is 9.11. The Kier molecular flexibility index (Phi) is 12.6. The molecule has 3 N–H and O–H groups in total. The first kappa shape index (κ1) is 39.0. The van der Waals surface area contributed by atoms with Crippen LogP contribution in [0, 0.1) is 16.7 Å². The Balaban J connectivity index is 1.44. The van der Waals surface area contributed by atoms with E-state index < -0.39 is 45.7 Å². The van der Waals surface area contributed by atoms with Crippen LogP contribution in [0.25, 0.3) is 10.9 Å². The molecule has 0 fully saturated rings. The molecular formula is C39H46N6O7S. The van der Waals surface area contributed by atoms with Crippen molar-refractivity contribution in [2.45, 2.75) is 70.3 Å². The Bertz CT molecular complexity index is 2180. The first-order valence-corrected chi connectivity index (χ1v) is 19.0. The van der Waals surface area contributed by atoms with Crippen molar-refractivity contribution >= 4 is 26.8 Å². The number of carbonyl (C=O) groups is 1. The second-order valence-corrected chi connectivity index (χ2v) is 15.9. The number of para-hydroxylation sites is 1. The standard InChI is InChI=1S/C39H46N6O7S/c1-26(2)22-43(53(51,52)31-16-14-29(15-17-31)21-41-50)24-35(46)34(20-28-10-6-5-7-11-28)42-38(48)37(27(3)4)45-25-36(47)44(39(45)49)23-30-18-19-40-33-13-9-8-12-32(30)33/h5-19,25-27,34-35,37,46-47H,20-24H2,1-4H3,(H,42,48)/t34-,35+,37-/m0/s1. The van der Waals surface area contributed by atoms with Gasteiger partial charge in [-0.15, -0.1) is 0 Å². The van der Waals surface area contributed by atoms with Crippen LogP contribution in [0.4, 0.5) is 0 Å². The average Bonchev–Trinajstić information content (AvgIpc) is 3.39. The van der Waals surface area contributed by atoms with E-state index in [-0.39, 0.29) is 49.3 Å². The Labute approximate surface area is 309 Å². The quantitative estimate of drug-likeness (QED) is 0.113. The predicted octanol–water partition coefficient (Wildman–Crippen LogP) is 4.85. The molecule has 2 aromatic heterocycles. The molecule has 0 spiro atoms. The van der Waals surface area contributed by atoms with Crippen LogP contribution in [-0.2, 0) is 34.3 Å². The smallest absolute Gasteiger partial charge is 0.332 e. The maximum absolute atomic E-state index is 14.2. The molecule has 14 heteroatoms. The number of hydrogen-bond acceptors (Lipinski definition) is 9. The lowest BCUT2D eigenvalue weighted by molar-refractivity contribution is -0.127. The zero-order chi connectivity index (χ0) is 38.3. The molecule has 0 unspecified atom stereocenters. The molecule has 2 heterocycles. The summed E-state index contributed by atoms with van der Waals surface area (Å²) in [6, 6.07) is 22.2. The van der Waals surface area contributed by atoms with Gasteiger partial charge in [0.1, 0.15) is 12.6 Å². The number of rotatable bonds is 17. The lowest BCUT2D eigenvalue weighted by Crippen LogP contribution is -2.53. The molecule has 0 saturated heterocycles. The molecule has 5 aromatic rings. The van der Waals surface area contributed by atoms with E-state index in [0.29, 0.717) is 5.56 Å². The van der Waals surface area contributed by atoms with Crippen molar-refractivity contribution < 1.29 is 23.4 Å². The van der Waals surface area contributed by atoms with Crippen molar-refractivity contribution in [3.8, 4) is 5.88 Å². The van der Waals surface area contributed by atoms with Crippen LogP contribution < -0.4 is 11.0 Å². The van der Waals surface area contributed by atoms with Gasteiger partial charge in [0.15, 0.2) is 0 Å². The third kappa shape index (κ3) is 9.25. The van der Waals surface area contributed by atoms with Gasteiger partial charge in [0.2, 0.25) is 21.8 Å². The van der Waals surface area contributed by atoms with Crippen LogP contribution in [-0.4, -0.2) is 68.2 Å². The van der Waals surface area contributed by atoms with E-state index >= 15 is 0 Å². The minimum Gasteiger partial charge on any atom is -0.493 e. The van der Waals surface area contributed by atoms with E-state index in [4.69, 9.17) is 0 Å². The molecule has 3 atom stereocenters. The number of aromatic nitrogens is 3. The molecule has 53 heavy (non-hydrogen) atoms. The summed E-state index contributed by atoms with van der Waals surface area (Å²) >= 11 is 0. The van der Waals surface area contributed by atoms with Gasteiger partial charge in [-0.3, -0.25) is 18.9 Å². The van der Waals surface area contributed by atoms with Gasteiger partial charge in [0.05, 0.1) is 35.3 Å². The van der Waals surface area contributed by atoms with Gasteiger partial charge in [0.25, 0.3) is 0 Å². The highest BCUT2D eigenvalue weighted by atomic mass is 32.2. The predicted molar refractivity (Wildman–Crippen MR) is 203 cm³/mol. The molecule has 0 saturated carbocycles. The van der Waals surface area contributed by atoms with Gasteiger partial charge in [0, 0.05) is 24.7 Å². The van der Waals surface area contributed by atoms with Crippen LogP contribution in [0.5, 0.6) is 5.88 Å². The van der Waals surface area contributed by atoms with Crippen molar-refractivity contribution in [3.05, 3.63) is 129 Å². The van der Waals surface area contributed by atoms with Crippen molar-refractivity contribution in [2.75, 3.05) is 13.1 Å². The van der Waals surface area contributed by atoms with Crippen LogP contribution in [0.1, 0.15) is 50.4 Å². The van der Waals surface area contributed by atoms with Gasteiger partial charge in [-0.1, -0.05) is 93.5 Å². The Morgan fingerprint density at radius 3 is 2.26 bits per heavy atom. The Morgan fingerprint density at radius 1 is 0.925 bits per heavy atom. The van der Waals surface area contributed by atoms with E-state index in [1.807, 2.05) is 68.4 Å². The Hall–Kier alpha value is -5.18. The number of imidazole rings is 1. The summed E-state index contributed by atoms with van der Waals surface area (Å²) in [5.41, 5.74) is 2.26. The average molecular weight is 743 g/mol. The summed E-state index contributed by atoms with van der Waals surface area (Å²) in [5, 5.41) is 29.4. The summed E-state index contributed by atoms with van der Waals surface area (Å²) < 4.78 is 31.4. The van der Waals surface area contributed by atoms with Gasteiger partial charge in [-0.05, 0) is 59.2 Å². The van der Waals surface area contributed by atoms with E-state index in [1.165, 1.54) is 43.9 Å². The fourth-order valence-corrected chi connectivity index (χ4v) is 8.09. The topological polar surface area (TPSA) is 176 Å². The number of fused-ring (bicyclic) bond motifs is 1. The first-order chi connectivity index (χ1) is 25.3. The minimum atomic E-state index is -4.11. The van der Waals surface area contributed by atoms with E-state index in [2.05, 4.69) is 15.5 Å². The normalized spacial score (nSPS) is 13.7. The summed E-state index contributed by atoms with van der Waals surface area (Å²) in [7, 11) is -4.11. The maximum atomic E-state index is 14.2. The molecule has 280 valence electrons. The van der Waals surface area contributed by atoms with Crippen molar-refractivity contribution in [1.82, 2.24) is 23.7 Å². The largest absolute Gasteiger partial charge is 0.493 e. The summed E-state index contributed by atoms with van der Waals surface area (Å²) in [6.07, 6.45) is 1.67. The van der Waals surface area contributed by atoms with Crippen LogP contribution in [0.2, 0.25) is 0 Å². The molecule has 0 radical (unpaired) electrons. The van der Waals surface area contributed by atoms with E-state index in [0.717, 1.165) is 22.0 Å². The highest BCUT2D eigenvalue weighted by Gasteiger charge is 2.34. The fourth-order valence-electron chi connectivity index (χ4n) is 6.47. The van der Waals surface area contributed by atoms with Crippen molar-refractivity contribution in [3.63, 3.8) is 0 Å².